The maximum atomic E-state index is 9.67. The molecule has 2 nitrogen and oxygen atoms in total. The number of aliphatic hydroxyl groups is 1. The standard InChI is InChI=1S/C14H29NO/c1-3-5-7-13(4-2)10-14(12-16)8-6-9-15-11-14/h13,15-16H,3-12H2,1-2H3. The van der Waals surface area contributed by atoms with Gasteiger partial charge in [-0.1, -0.05) is 39.5 Å². The summed E-state index contributed by atoms with van der Waals surface area (Å²) in [5.41, 5.74) is 0.187. The topological polar surface area (TPSA) is 32.3 Å². The molecule has 16 heavy (non-hydrogen) atoms. The van der Waals surface area contributed by atoms with Gasteiger partial charge in [0, 0.05) is 18.6 Å². The van der Waals surface area contributed by atoms with Gasteiger partial charge in [0.05, 0.1) is 0 Å². The van der Waals surface area contributed by atoms with E-state index in [1.54, 1.807) is 0 Å². The zero-order chi connectivity index (χ0) is 11.9. The molecule has 1 fully saturated rings. The summed E-state index contributed by atoms with van der Waals surface area (Å²) < 4.78 is 0. The van der Waals surface area contributed by atoms with E-state index in [-0.39, 0.29) is 5.41 Å². The van der Waals surface area contributed by atoms with Gasteiger partial charge in [0.15, 0.2) is 0 Å². The molecule has 1 rings (SSSR count). The molecule has 1 saturated heterocycles. The Kier molecular flexibility index (Phi) is 6.37. The Hall–Kier alpha value is -0.0800. The molecule has 1 aliphatic rings. The molecule has 0 aromatic rings. The number of hydrogen-bond donors (Lipinski definition) is 2. The zero-order valence-electron chi connectivity index (χ0n) is 11.1. The highest BCUT2D eigenvalue weighted by Crippen LogP contribution is 2.35. The fourth-order valence-electron chi connectivity index (χ4n) is 2.96. The molecule has 1 heterocycles. The molecular formula is C14H29NO. The maximum absolute atomic E-state index is 9.67. The van der Waals surface area contributed by atoms with Crippen molar-refractivity contribution in [1.82, 2.24) is 5.32 Å². The fraction of sp³-hybridized carbons (Fsp3) is 1.00. The van der Waals surface area contributed by atoms with Crippen LogP contribution in [0.5, 0.6) is 0 Å². The normalized spacial score (nSPS) is 27.9. The van der Waals surface area contributed by atoms with Gasteiger partial charge >= 0.3 is 0 Å². The number of unbranched alkanes of at least 4 members (excludes halogenated alkanes) is 1. The van der Waals surface area contributed by atoms with Crippen molar-refractivity contribution in [3.63, 3.8) is 0 Å². The second kappa shape index (κ2) is 7.29. The summed E-state index contributed by atoms with van der Waals surface area (Å²) in [7, 11) is 0. The third kappa shape index (κ3) is 4.06. The zero-order valence-corrected chi connectivity index (χ0v) is 11.1. The lowest BCUT2D eigenvalue weighted by atomic mass is 9.73. The van der Waals surface area contributed by atoms with Crippen LogP contribution in [-0.4, -0.2) is 24.8 Å². The molecule has 0 bridgehead atoms. The molecular weight excluding hydrogens is 198 g/mol. The summed E-state index contributed by atoms with van der Waals surface area (Å²) in [4.78, 5) is 0. The minimum absolute atomic E-state index is 0.187. The van der Waals surface area contributed by atoms with Crippen molar-refractivity contribution in [1.29, 1.82) is 0 Å². The first-order valence-corrected chi connectivity index (χ1v) is 7.08. The van der Waals surface area contributed by atoms with Crippen molar-refractivity contribution in [3.8, 4) is 0 Å². The lowest BCUT2D eigenvalue weighted by Gasteiger charge is -2.38. The van der Waals surface area contributed by atoms with Gasteiger partial charge in [0.1, 0.15) is 0 Å². The molecule has 2 atom stereocenters. The Morgan fingerprint density at radius 3 is 2.69 bits per heavy atom. The van der Waals surface area contributed by atoms with E-state index in [1.165, 1.54) is 44.9 Å². The Morgan fingerprint density at radius 1 is 1.38 bits per heavy atom. The molecule has 2 heteroatoms. The van der Waals surface area contributed by atoms with Crippen LogP contribution in [0.25, 0.3) is 0 Å². The van der Waals surface area contributed by atoms with E-state index in [0.29, 0.717) is 6.61 Å². The minimum atomic E-state index is 0.187. The second-order valence-electron chi connectivity index (χ2n) is 5.56. The van der Waals surface area contributed by atoms with Gasteiger partial charge in [0.25, 0.3) is 0 Å². The number of aliphatic hydroxyl groups excluding tert-OH is 1. The first-order chi connectivity index (χ1) is 7.76. The van der Waals surface area contributed by atoms with Crippen LogP contribution in [0.15, 0.2) is 0 Å². The minimum Gasteiger partial charge on any atom is -0.396 e. The summed E-state index contributed by atoms with van der Waals surface area (Å²) in [5, 5.41) is 13.1. The lowest BCUT2D eigenvalue weighted by Crippen LogP contribution is -2.43. The molecule has 2 N–H and O–H groups in total. The van der Waals surface area contributed by atoms with E-state index >= 15 is 0 Å². The number of rotatable bonds is 7. The highest BCUT2D eigenvalue weighted by atomic mass is 16.3. The summed E-state index contributed by atoms with van der Waals surface area (Å²) >= 11 is 0. The van der Waals surface area contributed by atoms with Crippen LogP contribution in [0.2, 0.25) is 0 Å². The van der Waals surface area contributed by atoms with E-state index < -0.39 is 0 Å². The van der Waals surface area contributed by atoms with Crippen molar-refractivity contribution in [3.05, 3.63) is 0 Å². The van der Waals surface area contributed by atoms with Gasteiger partial charge in [0.2, 0.25) is 0 Å². The van der Waals surface area contributed by atoms with E-state index in [0.717, 1.165) is 19.0 Å². The second-order valence-corrected chi connectivity index (χ2v) is 5.56. The molecule has 0 radical (unpaired) electrons. The average molecular weight is 227 g/mol. The number of hydrogen-bond acceptors (Lipinski definition) is 2. The van der Waals surface area contributed by atoms with Crippen molar-refractivity contribution in [2.24, 2.45) is 11.3 Å². The van der Waals surface area contributed by atoms with Crippen molar-refractivity contribution in [2.45, 2.75) is 58.8 Å². The molecule has 0 spiro atoms. The van der Waals surface area contributed by atoms with Gasteiger partial charge in [-0.15, -0.1) is 0 Å². The highest BCUT2D eigenvalue weighted by Gasteiger charge is 2.33. The van der Waals surface area contributed by atoms with E-state index in [4.69, 9.17) is 0 Å². The summed E-state index contributed by atoms with van der Waals surface area (Å²) in [6.45, 7) is 7.07. The number of piperidine rings is 1. The van der Waals surface area contributed by atoms with Gasteiger partial charge in [-0.25, -0.2) is 0 Å². The predicted molar refractivity (Wildman–Crippen MR) is 69.5 cm³/mol. The Morgan fingerprint density at radius 2 is 2.19 bits per heavy atom. The maximum Gasteiger partial charge on any atom is 0.0499 e. The van der Waals surface area contributed by atoms with Gasteiger partial charge < -0.3 is 10.4 Å². The third-order valence-electron chi connectivity index (χ3n) is 4.16. The predicted octanol–water partition coefficient (Wildman–Crippen LogP) is 2.96. The first kappa shape index (κ1) is 14.0. The van der Waals surface area contributed by atoms with E-state index in [9.17, 15) is 5.11 Å². The molecule has 0 amide bonds. The van der Waals surface area contributed by atoms with Gasteiger partial charge in [-0.05, 0) is 31.7 Å². The van der Waals surface area contributed by atoms with Crippen LogP contribution in [0.3, 0.4) is 0 Å². The first-order valence-electron chi connectivity index (χ1n) is 7.08. The van der Waals surface area contributed by atoms with Crippen LogP contribution in [-0.2, 0) is 0 Å². The fourth-order valence-corrected chi connectivity index (χ4v) is 2.96. The molecule has 0 saturated carbocycles. The number of nitrogens with one attached hydrogen (secondary N) is 1. The Labute approximate surface area is 101 Å². The molecule has 0 aromatic heterocycles. The van der Waals surface area contributed by atoms with Crippen molar-refractivity contribution < 1.29 is 5.11 Å². The Bertz CT molecular complexity index is 176. The lowest BCUT2D eigenvalue weighted by molar-refractivity contribution is 0.0655. The van der Waals surface area contributed by atoms with E-state index in [1.807, 2.05) is 0 Å². The van der Waals surface area contributed by atoms with Crippen LogP contribution >= 0.6 is 0 Å². The molecule has 2 unspecified atom stereocenters. The van der Waals surface area contributed by atoms with Crippen LogP contribution in [0, 0.1) is 11.3 Å². The summed E-state index contributed by atoms with van der Waals surface area (Å²) in [6, 6.07) is 0. The summed E-state index contributed by atoms with van der Waals surface area (Å²) in [5.74, 6) is 0.812. The van der Waals surface area contributed by atoms with Crippen molar-refractivity contribution >= 4 is 0 Å². The average Bonchev–Trinajstić information content (AvgIpc) is 2.35. The quantitative estimate of drug-likeness (QED) is 0.701. The third-order valence-corrected chi connectivity index (χ3v) is 4.16. The van der Waals surface area contributed by atoms with Crippen LogP contribution < -0.4 is 5.32 Å². The molecule has 96 valence electrons. The largest absolute Gasteiger partial charge is 0.396 e. The molecule has 0 aliphatic carbocycles. The smallest absolute Gasteiger partial charge is 0.0499 e. The highest BCUT2D eigenvalue weighted by molar-refractivity contribution is 4.86. The molecule has 0 aromatic carbocycles. The molecule has 1 aliphatic heterocycles. The Balaban J connectivity index is 2.45. The van der Waals surface area contributed by atoms with Gasteiger partial charge in [-0.2, -0.15) is 0 Å². The summed E-state index contributed by atoms with van der Waals surface area (Å²) in [6.07, 6.45) is 8.89. The monoisotopic (exact) mass is 227 g/mol. The van der Waals surface area contributed by atoms with E-state index in [2.05, 4.69) is 19.2 Å². The van der Waals surface area contributed by atoms with Crippen molar-refractivity contribution in [2.75, 3.05) is 19.7 Å². The van der Waals surface area contributed by atoms with Gasteiger partial charge in [-0.3, -0.25) is 0 Å². The SMILES string of the molecule is CCCCC(CC)CC1(CO)CCCNC1. The van der Waals surface area contributed by atoms with Crippen LogP contribution in [0.1, 0.15) is 58.8 Å². The van der Waals surface area contributed by atoms with Crippen LogP contribution in [0.4, 0.5) is 0 Å².